The number of hydrogen-bond donors (Lipinski definition) is 0. The smallest absolute Gasteiger partial charge is 0.410 e. The minimum Gasteiger partial charge on any atom is -0.410 e. The normalized spacial score (nSPS) is 25.7. The molecule has 1 unspecified atom stereocenters. The zero-order valence-electron chi connectivity index (χ0n) is 25.8. The first-order chi connectivity index (χ1) is 19.0. The number of halogens is 3. The molecule has 2 saturated carbocycles. The molecule has 6 rings (SSSR count). The van der Waals surface area contributed by atoms with Crippen molar-refractivity contribution in [3.05, 3.63) is 63.5 Å². The van der Waals surface area contributed by atoms with Gasteiger partial charge in [0.2, 0.25) is 0 Å². The van der Waals surface area contributed by atoms with Crippen molar-refractivity contribution in [3.63, 3.8) is 0 Å². The van der Waals surface area contributed by atoms with Crippen LogP contribution in [0.4, 0.5) is 13.2 Å². The Morgan fingerprint density at radius 2 is 1.59 bits per heavy atom. The maximum absolute atomic E-state index is 13.5. The Morgan fingerprint density at radius 3 is 2.12 bits per heavy atom. The monoisotopic (exact) mass is 585 g/mol. The van der Waals surface area contributed by atoms with Gasteiger partial charge in [0.1, 0.15) is 6.10 Å². The van der Waals surface area contributed by atoms with Crippen LogP contribution in [0.2, 0.25) is 18.1 Å². The van der Waals surface area contributed by atoms with Crippen molar-refractivity contribution in [2.24, 2.45) is 5.41 Å². The number of pyridine rings is 1. The summed E-state index contributed by atoms with van der Waals surface area (Å²) in [6.45, 7) is 16.2. The second-order valence-corrected chi connectivity index (χ2v) is 20.3. The zero-order chi connectivity index (χ0) is 29.6. The van der Waals surface area contributed by atoms with Gasteiger partial charge in [-0.2, -0.15) is 13.2 Å². The van der Waals surface area contributed by atoms with Crippen molar-refractivity contribution in [1.29, 1.82) is 0 Å². The fourth-order valence-corrected chi connectivity index (χ4v) is 8.68. The number of benzene rings is 1. The van der Waals surface area contributed by atoms with Crippen LogP contribution >= 0.6 is 0 Å². The molecule has 3 aliphatic carbocycles. The SMILES string of the molecule is CC1(C)Cc2nc(C3CCC3)c3c(c2C(O[Si](C)(C)C(C)(C)C)C1)C1(CCCC1)O[C@@H]3c1ccc(C(F)(F)F)cc1. The lowest BCUT2D eigenvalue weighted by atomic mass is 9.69. The molecule has 4 aliphatic rings. The molecule has 1 aliphatic heterocycles. The molecule has 0 saturated heterocycles. The number of hydrogen-bond acceptors (Lipinski definition) is 3. The quantitative estimate of drug-likeness (QED) is 0.335. The summed E-state index contributed by atoms with van der Waals surface area (Å²) in [5.41, 5.74) is 5.83. The predicted molar refractivity (Wildman–Crippen MR) is 158 cm³/mol. The summed E-state index contributed by atoms with van der Waals surface area (Å²) in [7, 11) is -2.12. The topological polar surface area (TPSA) is 31.4 Å². The number of rotatable bonds is 4. The minimum absolute atomic E-state index is 0.0567. The van der Waals surface area contributed by atoms with E-state index < -0.39 is 31.8 Å². The summed E-state index contributed by atoms with van der Waals surface area (Å²) in [5, 5.41) is 0.0710. The molecule has 0 bridgehead atoms. The van der Waals surface area contributed by atoms with Gasteiger partial charge in [-0.3, -0.25) is 4.98 Å². The fraction of sp³-hybridized carbons (Fsp3) is 0.676. The molecule has 1 spiro atoms. The Morgan fingerprint density at radius 1 is 0.951 bits per heavy atom. The van der Waals surface area contributed by atoms with Gasteiger partial charge in [-0.1, -0.05) is 66.0 Å². The molecule has 2 atom stereocenters. The molecule has 1 aromatic heterocycles. The van der Waals surface area contributed by atoms with Gasteiger partial charge < -0.3 is 9.16 Å². The Hall–Kier alpha value is -1.70. The Balaban J connectivity index is 1.57. The third-order valence-corrected chi connectivity index (χ3v) is 15.3. The van der Waals surface area contributed by atoms with Crippen LogP contribution < -0.4 is 0 Å². The van der Waals surface area contributed by atoms with E-state index in [1.165, 1.54) is 35.4 Å². The first kappa shape index (κ1) is 29.4. The summed E-state index contributed by atoms with van der Waals surface area (Å²) in [6, 6.07) is 5.67. The summed E-state index contributed by atoms with van der Waals surface area (Å²) in [4.78, 5) is 5.51. The lowest BCUT2D eigenvalue weighted by Crippen LogP contribution is -2.44. The van der Waals surface area contributed by atoms with Crippen LogP contribution in [-0.4, -0.2) is 13.3 Å². The molecular weight excluding hydrogens is 539 g/mol. The highest BCUT2D eigenvalue weighted by Crippen LogP contribution is 2.61. The molecule has 1 aromatic carbocycles. The molecule has 2 fully saturated rings. The number of alkyl halides is 3. The highest BCUT2D eigenvalue weighted by atomic mass is 28.4. The van der Waals surface area contributed by atoms with Crippen LogP contribution in [0.25, 0.3) is 0 Å². The average Bonchev–Trinajstić information content (AvgIpc) is 3.41. The lowest BCUT2D eigenvalue weighted by Gasteiger charge is -2.45. The van der Waals surface area contributed by atoms with Crippen molar-refractivity contribution >= 4 is 8.32 Å². The van der Waals surface area contributed by atoms with Crippen molar-refractivity contribution in [1.82, 2.24) is 4.98 Å². The number of aromatic nitrogens is 1. The molecule has 2 aromatic rings. The maximum Gasteiger partial charge on any atom is 0.416 e. The van der Waals surface area contributed by atoms with E-state index in [4.69, 9.17) is 14.1 Å². The van der Waals surface area contributed by atoms with Gasteiger partial charge in [0, 0.05) is 22.7 Å². The van der Waals surface area contributed by atoms with Crippen LogP contribution in [0, 0.1) is 5.41 Å². The zero-order valence-corrected chi connectivity index (χ0v) is 26.8. The second-order valence-electron chi connectivity index (χ2n) is 15.5. The molecule has 0 N–H and O–H groups in total. The Kier molecular flexibility index (Phi) is 6.91. The Bertz CT molecular complexity index is 1320. The molecule has 2 heterocycles. The van der Waals surface area contributed by atoms with Crippen LogP contribution in [-0.2, 0) is 27.4 Å². The van der Waals surface area contributed by atoms with Gasteiger partial charge in [0.05, 0.1) is 23.0 Å². The first-order valence-electron chi connectivity index (χ1n) is 15.6. The largest absolute Gasteiger partial charge is 0.416 e. The molecular formula is C34H46F3NO2Si. The average molecular weight is 586 g/mol. The fourth-order valence-electron chi connectivity index (χ4n) is 7.42. The molecule has 41 heavy (non-hydrogen) atoms. The minimum atomic E-state index is -4.36. The highest BCUT2D eigenvalue weighted by molar-refractivity contribution is 6.74. The number of ether oxygens (including phenoxy) is 1. The highest BCUT2D eigenvalue weighted by Gasteiger charge is 2.54. The van der Waals surface area contributed by atoms with E-state index >= 15 is 0 Å². The van der Waals surface area contributed by atoms with Gasteiger partial charge in [-0.05, 0) is 85.3 Å². The van der Waals surface area contributed by atoms with E-state index in [0.29, 0.717) is 5.92 Å². The molecule has 0 amide bonds. The molecule has 0 radical (unpaired) electrons. The van der Waals surface area contributed by atoms with Gasteiger partial charge in [0.25, 0.3) is 0 Å². The van der Waals surface area contributed by atoms with Gasteiger partial charge in [-0.15, -0.1) is 0 Å². The Labute approximate surface area is 244 Å². The second kappa shape index (κ2) is 9.65. The number of nitrogens with zero attached hydrogens (tertiary/aromatic N) is 1. The van der Waals surface area contributed by atoms with Crippen molar-refractivity contribution in [2.75, 3.05) is 0 Å². The summed E-state index contributed by atoms with van der Waals surface area (Å²) >= 11 is 0. The molecule has 3 nitrogen and oxygen atoms in total. The predicted octanol–water partition coefficient (Wildman–Crippen LogP) is 10.3. The van der Waals surface area contributed by atoms with Crippen LogP contribution in [0.15, 0.2) is 24.3 Å². The van der Waals surface area contributed by atoms with Crippen LogP contribution in [0.3, 0.4) is 0 Å². The summed E-state index contributed by atoms with van der Waals surface area (Å²) < 4.78 is 54.8. The van der Waals surface area contributed by atoms with Crippen LogP contribution in [0.1, 0.15) is 143 Å². The van der Waals surface area contributed by atoms with E-state index in [9.17, 15) is 13.2 Å². The first-order valence-corrected chi connectivity index (χ1v) is 18.5. The maximum atomic E-state index is 13.5. The third kappa shape index (κ3) is 5.02. The van der Waals surface area contributed by atoms with Crippen LogP contribution in [0.5, 0.6) is 0 Å². The van der Waals surface area contributed by atoms with E-state index in [1.807, 2.05) is 0 Å². The lowest BCUT2D eigenvalue weighted by molar-refractivity contribution is -0.137. The van der Waals surface area contributed by atoms with Crippen molar-refractivity contribution in [2.45, 2.75) is 140 Å². The standard InChI is InChI=1S/C34H46F3NO2Si/c1-31(2,3)41(6,7)40-25-20-32(4,5)19-24-26(25)28-27(29(38-24)21-11-10-12-21)30(39-33(28)17-8-9-18-33)22-13-15-23(16-14-22)34(35,36)37/h13-16,21,25,30H,8-12,17-20H2,1-7H3/t25?,30-/m1/s1. The van der Waals surface area contributed by atoms with Crippen molar-refractivity contribution < 1.29 is 22.3 Å². The molecule has 224 valence electrons. The summed E-state index contributed by atoms with van der Waals surface area (Å²) in [6.07, 6.45) is 4.50. The third-order valence-electron chi connectivity index (χ3n) is 10.8. The van der Waals surface area contributed by atoms with E-state index in [2.05, 4.69) is 47.7 Å². The van der Waals surface area contributed by atoms with Gasteiger partial charge in [-0.25, -0.2) is 0 Å². The van der Waals surface area contributed by atoms with Gasteiger partial charge >= 0.3 is 6.18 Å². The van der Waals surface area contributed by atoms with E-state index in [0.717, 1.165) is 68.2 Å². The van der Waals surface area contributed by atoms with Gasteiger partial charge in [0.15, 0.2) is 8.32 Å². The number of fused-ring (bicyclic) bond motifs is 4. The molecule has 7 heteroatoms. The van der Waals surface area contributed by atoms with Crippen molar-refractivity contribution in [3.8, 4) is 0 Å². The van der Waals surface area contributed by atoms with E-state index in [-0.39, 0.29) is 16.6 Å². The van der Waals surface area contributed by atoms with E-state index in [1.54, 1.807) is 12.1 Å². The summed E-state index contributed by atoms with van der Waals surface area (Å²) in [5.74, 6) is 0.385.